The minimum atomic E-state index is -0.454. The number of amides is 2. The van der Waals surface area contributed by atoms with E-state index in [1.165, 1.54) is 10.7 Å². The van der Waals surface area contributed by atoms with Gasteiger partial charge in [-0.1, -0.05) is 48.9 Å². The van der Waals surface area contributed by atoms with Crippen molar-refractivity contribution in [3.8, 4) is 16.9 Å². The fourth-order valence-electron chi connectivity index (χ4n) is 3.84. The molecule has 0 aliphatic carbocycles. The fraction of sp³-hybridized carbons (Fsp3) is 0.200. The molecule has 0 saturated carbocycles. The minimum Gasteiger partial charge on any atom is -0.373 e. The molecule has 0 bridgehead atoms. The maximum absolute atomic E-state index is 13.5. The number of anilines is 2. The van der Waals surface area contributed by atoms with Crippen LogP contribution in [0.25, 0.3) is 16.9 Å². The number of nitrogens with zero attached hydrogens (tertiary/aromatic N) is 5. The van der Waals surface area contributed by atoms with E-state index >= 15 is 0 Å². The summed E-state index contributed by atoms with van der Waals surface area (Å²) in [6, 6.07) is 21.5. The maximum Gasteiger partial charge on any atom is 0.271 e. The Labute approximate surface area is 243 Å². The first-order valence-corrected chi connectivity index (χ1v) is 13.5. The van der Waals surface area contributed by atoms with Crippen LogP contribution in [0.1, 0.15) is 47.5 Å². The van der Waals surface area contributed by atoms with Gasteiger partial charge in [0.2, 0.25) is 0 Å². The molecule has 0 fully saturated rings. The second-order valence-corrected chi connectivity index (χ2v) is 9.42. The molecule has 10 nitrogen and oxygen atoms in total. The summed E-state index contributed by atoms with van der Waals surface area (Å²) in [5.74, 6) is 0.184. The summed E-state index contributed by atoms with van der Waals surface area (Å²) in [5, 5.41) is 21.5. The maximum atomic E-state index is 13.5. The molecular formula is C30H31ClN8O2. The highest BCUT2D eigenvalue weighted by atomic mass is 35.5. The normalized spacial score (nSPS) is 11.5. The molecule has 0 aliphatic heterocycles. The zero-order chi connectivity index (χ0) is 29.2. The molecule has 3 N–H and O–H groups in total. The molecule has 0 saturated heterocycles. The smallest absolute Gasteiger partial charge is 0.271 e. The molecule has 0 radical (unpaired) electrons. The Hall–Kier alpha value is -4.83. The lowest BCUT2D eigenvalue weighted by atomic mass is 10.1. The van der Waals surface area contributed by atoms with Crippen LogP contribution in [-0.2, 0) is 0 Å². The van der Waals surface area contributed by atoms with Gasteiger partial charge in [0.1, 0.15) is 11.6 Å². The molecule has 41 heavy (non-hydrogen) atoms. The molecular weight excluding hydrogens is 540 g/mol. The van der Waals surface area contributed by atoms with E-state index in [1.807, 2.05) is 62.4 Å². The third kappa shape index (κ3) is 7.64. The number of benzene rings is 2. The van der Waals surface area contributed by atoms with E-state index in [2.05, 4.69) is 36.2 Å². The summed E-state index contributed by atoms with van der Waals surface area (Å²) in [6.07, 6.45) is 3.06. The lowest BCUT2D eigenvalue weighted by Crippen LogP contribution is -2.26. The Balaban J connectivity index is 1.57. The summed E-state index contributed by atoms with van der Waals surface area (Å²) in [7, 11) is 1.79. The molecule has 4 aromatic rings. The van der Waals surface area contributed by atoms with Gasteiger partial charge in [0.15, 0.2) is 5.69 Å². The van der Waals surface area contributed by atoms with Gasteiger partial charge in [-0.25, -0.2) is 9.67 Å². The monoisotopic (exact) mass is 570 g/mol. The molecule has 210 valence electrons. The Morgan fingerprint density at radius 1 is 1.02 bits per heavy atom. The van der Waals surface area contributed by atoms with Gasteiger partial charge in [-0.2, -0.15) is 15.3 Å². The van der Waals surface area contributed by atoms with Crippen LogP contribution in [-0.4, -0.2) is 52.1 Å². The Morgan fingerprint density at radius 2 is 1.83 bits per heavy atom. The molecule has 0 aliphatic rings. The summed E-state index contributed by atoms with van der Waals surface area (Å²) in [5.41, 5.74) is 3.29. The summed E-state index contributed by atoms with van der Waals surface area (Å²) >= 11 is 6.44. The standard InChI is InChI=1S/C30H31ClN8O2/c1-4-16-34-37-20(2)15-17-33-30(41)26-19-28(39(38-26)22-9-6-5-7-10-22)36-29(40)23-18-21(13-14-24(23)31)25-11-8-12-27(32-3)35-25/h5-14,16,18-19H,4,15,17H2,1-3H3,(H,32,35)(H,33,41)(H,36,40)/b34-16+,37-20?. The van der Waals surface area contributed by atoms with Crippen LogP contribution in [0.3, 0.4) is 0 Å². The summed E-state index contributed by atoms with van der Waals surface area (Å²) in [4.78, 5) is 31.0. The lowest BCUT2D eigenvalue weighted by Gasteiger charge is -2.11. The average molecular weight is 571 g/mol. The van der Waals surface area contributed by atoms with Gasteiger partial charge in [0.25, 0.3) is 11.8 Å². The number of carbonyl (C=O) groups is 2. The number of para-hydroxylation sites is 1. The molecule has 0 spiro atoms. The number of nitrogens with one attached hydrogen (secondary N) is 3. The molecule has 2 amide bonds. The second kappa shape index (κ2) is 14.0. The van der Waals surface area contributed by atoms with Crippen LogP contribution in [0, 0.1) is 0 Å². The summed E-state index contributed by atoms with van der Waals surface area (Å²) in [6.45, 7) is 4.19. The van der Waals surface area contributed by atoms with E-state index in [0.717, 1.165) is 17.7 Å². The highest BCUT2D eigenvalue weighted by molar-refractivity contribution is 6.34. The Morgan fingerprint density at radius 3 is 2.59 bits per heavy atom. The van der Waals surface area contributed by atoms with Crippen molar-refractivity contribution < 1.29 is 9.59 Å². The van der Waals surface area contributed by atoms with Crippen LogP contribution in [0.4, 0.5) is 11.6 Å². The van der Waals surface area contributed by atoms with Crippen molar-refractivity contribution in [2.45, 2.75) is 26.7 Å². The number of hydrogen-bond donors (Lipinski definition) is 3. The predicted octanol–water partition coefficient (Wildman–Crippen LogP) is 5.86. The van der Waals surface area contributed by atoms with Crippen LogP contribution in [0.5, 0.6) is 0 Å². The number of pyridine rings is 1. The van der Waals surface area contributed by atoms with Crippen LogP contribution in [0.2, 0.25) is 5.02 Å². The minimum absolute atomic E-state index is 0.149. The lowest BCUT2D eigenvalue weighted by molar-refractivity contribution is 0.0948. The van der Waals surface area contributed by atoms with E-state index in [1.54, 1.807) is 31.5 Å². The van der Waals surface area contributed by atoms with Crippen LogP contribution >= 0.6 is 11.6 Å². The van der Waals surface area contributed by atoms with Gasteiger partial charge in [0.05, 0.1) is 22.0 Å². The van der Waals surface area contributed by atoms with Crippen molar-refractivity contribution in [2.24, 2.45) is 10.2 Å². The zero-order valence-electron chi connectivity index (χ0n) is 23.1. The number of carbonyl (C=O) groups excluding carboxylic acids is 2. The van der Waals surface area contributed by atoms with E-state index in [0.29, 0.717) is 36.0 Å². The van der Waals surface area contributed by atoms with E-state index in [4.69, 9.17) is 11.6 Å². The first-order chi connectivity index (χ1) is 19.9. The van der Waals surface area contributed by atoms with Gasteiger partial charge in [-0.05, 0) is 49.7 Å². The van der Waals surface area contributed by atoms with Gasteiger partial charge >= 0.3 is 0 Å². The third-order valence-electron chi connectivity index (χ3n) is 5.96. The molecule has 0 unspecified atom stereocenters. The van der Waals surface area contributed by atoms with Gasteiger partial charge in [0, 0.05) is 43.6 Å². The Bertz CT molecular complexity index is 1580. The molecule has 11 heteroatoms. The number of aromatic nitrogens is 3. The topological polar surface area (TPSA) is 126 Å². The van der Waals surface area contributed by atoms with Crippen molar-refractivity contribution >= 4 is 47.0 Å². The quantitative estimate of drug-likeness (QED) is 0.154. The van der Waals surface area contributed by atoms with Crippen molar-refractivity contribution in [1.29, 1.82) is 0 Å². The third-order valence-corrected chi connectivity index (χ3v) is 6.29. The van der Waals surface area contributed by atoms with Crippen molar-refractivity contribution in [1.82, 2.24) is 20.1 Å². The van der Waals surface area contributed by atoms with Crippen LogP contribution < -0.4 is 16.0 Å². The molecule has 2 heterocycles. The van der Waals surface area contributed by atoms with Gasteiger partial charge < -0.3 is 16.0 Å². The van der Waals surface area contributed by atoms with Crippen molar-refractivity contribution in [3.05, 3.63) is 89.1 Å². The molecule has 4 rings (SSSR count). The second-order valence-electron chi connectivity index (χ2n) is 9.02. The largest absolute Gasteiger partial charge is 0.373 e. The number of rotatable bonds is 11. The van der Waals surface area contributed by atoms with Crippen LogP contribution in [0.15, 0.2) is 83.0 Å². The molecule has 0 atom stereocenters. The number of hydrogen-bond acceptors (Lipinski definition) is 7. The highest BCUT2D eigenvalue weighted by Crippen LogP contribution is 2.26. The molecule has 2 aromatic heterocycles. The predicted molar refractivity (Wildman–Crippen MR) is 165 cm³/mol. The van der Waals surface area contributed by atoms with E-state index in [9.17, 15) is 9.59 Å². The zero-order valence-corrected chi connectivity index (χ0v) is 23.8. The fourth-order valence-corrected chi connectivity index (χ4v) is 4.05. The average Bonchev–Trinajstić information content (AvgIpc) is 3.41. The first-order valence-electron chi connectivity index (χ1n) is 13.1. The SMILES string of the molecule is CC/C=N/N=C(C)CCNC(=O)c1cc(NC(=O)c2cc(-c3cccc(NC)n3)ccc2Cl)n(-c2ccccc2)n1. The summed E-state index contributed by atoms with van der Waals surface area (Å²) < 4.78 is 1.51. The van der Waals surface area contributed by atoms with E-state index < -0.39 is 5.91 Å². The van der Waals surface area contributed by atoms with Crippen molar-refractivity contribution in [2.75, 3.05) is 24.2 Å². The molecule has 2 aromatic carbocycles. The van der Waals surface area contributed by atoms with E-state index in [-0.39, 0.29) is 22.2 Å². The van der Waals surface area contributed by atoms with Gasteiger partial charge in [-0.3, -0.25) is 9.59 Å². The van der Waals surface area contributed by atoms with Crippen molar-refractivity contribution in [3.63, 3.8) is 0 Å². The number of halogens is 1. The Kier molecular flexibility index (Phi) is 9.95. The van der Waals surface area contributed by atoms with Gasteiger partial charge in [-0.15, -0.1) is 0 Å². The first kappa shape index (κ1) is 29.2. The highest BCUT2D eigenvalue weighted by Gasteiger charge is 2.19.